The van der Waals surface area contributed by atoms with Crippen LogP contribution in [0.4, 0.5) is 0 Å². The van der Waals surface area contributed by atoms with Gasteiger partial charge >= 0.3 is 21.1 Å². The quantitative estimate of drug-likeness (QED) is 0.643. The molecule has 8 heavy (non-hydrogen) atoms. The summed E-state index contributed by atoms with van der Waals surface area (Å²) in [5.74, 6) is 0. The Labute approximate surface area is 66.6 Å². The Hall–Kier alpha value is 0.0383. The van der Waals surface area contributed by atoms with Crippen molar-refractivity contribution in [3.8, 4) is 0 Å². The minimum absolute atomic E-state index is 0. The van der Waals surface area contributed by atoms with E-state index in [1.807, 2.05) is 30.3 Å². The van der Waals surface area contributed by atoms with Crippen LogP contribution < -0.4 is 0 Å². The molecule has 0 atom stereocenters. The first-order valence-electron chi connectivity index (χ1n) is 1.67. The van der Waals surface area contributed by atoms with Gasteiger partial charge in [0.15, 0.2) is 0 Å². The summed E-state index contributed by atoms with van der Waals surface area (Å²) in [5, 5.41) is 0. The summed E-state index contributed by atoms with van der Waals surface area (Å²) in [6.45, 7) is 0. The molecule has 0 aromatic heterocycles. The van der Waals surface area contributed by atoms with Gasteiger partial charge in [-0.25, -0.2) is 12.1 Å². The maximum Gasteiger partial charge on any atom is 4.00 e. The molecule has 0 saturated carbocycles. The first-order chi connectivity index (χ1) is 2.50. The van der Waals surface area contributed by atoms with E-state index in [9.17, 15) is 0 Å². The van der Waals surface area contributed by atoms with Crippen molar-refractivity contribution in [3.05, 3.63) is 45.2 Å². The molecule has 0 N–H and O–H groups in total. The summed E-state index contributed by atoms with van der Waals surface area (Å²) >= 11 is 0. The predicted molar refractivity (Wildman–Crippen MR) is 34.9 cm³/mol. The van der Waals surface area contributed by atoms with Crippen LogP contribution in [-0.4, -0.2) is 0 Å². The average Bonchev–Trinajstić information content (AvgIpc) is 1.76. The van der Waals surface area contributed by atoms with Gasteiger partial charge in [-0.1, -0.05) is 0 Å². The third-order valence-electron chi connectivity index (χ3n) is 0.556. The van der Waals surface area contributed by atoms with E-state index in [-0.39, 0.29) is 35.9 Å². The molecule has 0 nitrogen and oxygen atoms in total. The Morgan fingerprint density at radius 2 is 1.25 bits per heavy atom. The van der Waals surface area contributed by atoms with E-state index in [4.69, 9.17) is 0 Å². The fraction of sp³-hybridized carbons (Fsp3) is 0. The molecule has 48 valence electrons. The summed E-state index contributed by atoms with van der Waals surface area (Å²) in [6.07, 6.45) is 0. The molecule has 1 heteroatoms. The molecule has 0 unspecified atom stereocenters. The number of hydrogen-bond acceptors (Lipinski definition) is 0. The van der Waals surface area contributed by atoms with E-state index in [1.165, 1.54) is 0 Å². The molecule has 0 heterocycles. The van der Waals surface area contributed by atoms with Crippen LogP contribution in [0.15, 0.2) is 30.3 Å². The first kappa shape index (κ1) is 15.7. The summed E-state index contributed by atoms with van der Waals surface area (Å²) in [6, 6.07) is 10.0. The average molecular weight is 290 g/mol. The van der Waals surface area contributed by atoms with Crippen molar-refractivity contribution in [2.24, 2.45) is 0 Å². The minimum Gasteiger partial charge on any atom is -0.358 e. The number of rotatable bonds is 0. The molecule has 0 saturated heterocycles. The van der Waals surface area contributed by atoms with Crippen LogP contribution in [0, 0.1) is 14.9 Å². The monoisotopic (exact) mass is 290 g/mol. The maximum absolute atomic E-state index is 2.00. The van der Waals surface area contributed by atoms with Crippen LogP contribution in [0.1, 0.15) is 0 Å². The van der Waals surface area contributed by atoms with Crippen molar-refractivity contribution < 1.29 is 21.1 Å². The van der Waals surface area contributed by atoms with Crippen molar-refractivity contribution in [2.45, 2.75) is 0 Å². The second-order valence-corrected chi connectivity index (χ2v) is 0.962. The molecule has 0 amide bonds. The molecule has 0 aliphatic carbocycles. The normalized spacial score (nSPS) is 5.00. The molecule has 0 fully saturated rings. The molecule has 0 radical (unpaired) electrons. The molecule has 0 bridgehead atoms. The van der Waals surface area contributed by atoms with Crippen molar-refractivity contribution in [3.63, 3.8) is 0 Å². The van der Waals surface area contributed by atoms with Gasteiger partial charge in [-0.15, -0.1) is 0 Å². The van der Waals surface area contributed by atoms with Crippen LogP contribution in [-0.2, 0) is 21.1 Å². The topological polar surface area (TPSA) is 0 Å². The van der Waals surface area contributed by atoms with Gasteiger partial charge in [0.05, 0.1) is 0 Å². The van der Waals surface area contributed by atoms with E-state index in [0.717, 1.165) is 0 Å². The van der Waals surface area contributed by atoms with Gasteiger partial charge in [-0.05, 0) is 0 Å². The van der Waals surface area contributed by atoms with Gasteiger partial charge in [-0.2, -0.15) is 18.2 Å². The second-order valence-electron chi connectivity index (χ2n) is 0.962. The van der Waals surface area contributed by atoms with Gasteiger partial charge in [0.25, 0.3) is 0 Å². The van der Waals surface area contributed by atoms with Gasteiger partial charge in [-0.3, -0.25) is 0 Å². The van der Waals surface area contributed by atoms with Crippen LogP contribution in [0.25, 0.3) is 0 Å². The van der Waals surface area contributed by atoms with E-state index >= 15 is 0 Å². The molecular formula is C7H11Pt+. The third-order valence-corrected chi connectivity index (χ3v) is 0.556. The Morgan fingerprint density at radius 3 is 1.38 bits per heavy atom. The fourth-order valence-corrected chi connectivity index (χ4v) is 0.321. The maximum atomic E-state index is 2.00. The summed E-state index contributed by atoms with van der Waals surface area (Å²) in [5.41, 5.74) is 0. The second kappa shape index (κ2) is 10.1. The Balaban J connectivity index is -0.0000000833. The molecule has 0 spiro atoms. The van der Waals surface area contributed by atoms with Crippen LogP contribution in [0.3, 0.4) is 0 Å². The third kappa shape index (κ3) is 6.04. The Bertz CT molecular complexity index is 60.9. The predicted octanol–water partition coefficient (Wildman–Crippen LogP) is 2.30. The zero-order chi connectivity index (χ0) is 3.54. The van der Waals surface area contributed by atoms with E-state index < -0.39 is 0 Å². The van der Waals surface area contributed by atoms with E-state index in [0.29, 0.717) is 0 Å². The summed E-state index contributed by atoms with van der Waals surface area (Å²) in [7, 11) is 0. The molecule has 1 aromatic carbocycles. The van der Waals surface area contributed by atoms with Crippen molar-refractivity contribution in [1.82, 2.24) is 0 Å². The van der Waals surface area contributed by atoms with Crippen molar-refractivity contribution in [2.75, 3.05) is 0 Å². The van der Waals surface area contributed by atoms with E-state index in [2.05, 4.69) is 0 Å². The van der Waals surface area contributed by atoms with Gasteiger partial charge in [0.2, 0.25) is 0 Å². The SMILES string of the molecule is [CH3-].[CH3-].[Pt+4].c1cc[cH-]c1. The van der Waals surface area contributed by atoms with Crippen molar-refractivity contribution >= 4 is 0 Å². The summed E-state index contributed by atoms with van der Waals surface area (Å²) in [4.78, 5) is 0. The fourth-order valence-electron chi connectivity index (χ4n) is 0.321. The molecule has 1 aromatic rings. The molecule has 0 aliphatic rings. The van der Waals surface area contributed by atoms with Gasteiger partial charge < -0.3 is 14.9 Å². The first-order valence-corrected chi connectivity index (χ1v) is 1.67. The number of hydrogen-bond donors (Lipinski definition) is 0. The smallest absolute Gasteiger partial charge is 0.358 e. The van der Waals surface area contributed by atoms with E-state index in [1.54, 1.807) is 0 Å². The van der Waals surface area contributed by atoms with Gasteiger partial charge in [0.1, 0.15) is 0 Å². The van der Waals surface area contributed by atoms with Gasteiger partial charge in [0, 0.05) is 0 Å². The summed E-state index contributed by atoms with van der Waals surface area (Å²) < 4.78 is 0. The van der Waals surface area contributed by atoms with Crippen LogP contribution >= 0.6 is 0 Å². The zero-order valence-corrected chi connectivity index (χ0v) is 7.48. The standard InChI is InChI=1S/C5H5.2CH3.Pt/c1-2-4-5-3-1;;;/h1-5H;2*1H3;/q3*-1;+4. The molecular weight excluding hydrogens is 279 g/mol. The molecule has 1 rings (SSSR count). The Kier molecular flexibility index (Phi) is 19.8. The zero-order valence-electron chi connectivity index (χ0n) is 5.20. The van der Waals surface area contributed by atoms with Crippen molar-refractivity contribution in [1.29, 1.82) is 0 Å². The minimum atomic E-state index is 0. The van der Waals surface area contributed by atoms with Crippen LogP contribution in [0.2, 0.25) is 0 Å². The largest absolute Gasteiger partial charge is 4.00 e. The molecule has 0 aliphatic heterocycles. The van der Waals surface area contributed by atoms with Crippen LogP contribution in [0.5, 0.6) is 0 Å². The Morgan fingerprint density at radius 1 is 0.875 bits per heavy atom.